The van der Waals surface area contributed by atoms with Crippen molar-refractivity contribution in [1.29, 1.82) is 0 Å². The van der Waals surface area contributed by atoms with Crippen LogP contribution in [0, 0.1) is 0 Å². The summed E-state index contributed by atoms with van der Waals surface area (Å²) in [6.45, 7) is 0.266. The second-order valence-electron chi connectivity index (χ2n) is 6.27. The van der Waals surface area contributed by atoms with Gasteiger partial charge in [0, 0.05) is 17.0 Å². The predicted octanol–water partition coefficient (Wildman–Crippen LogP) is 3.85. The maximum atomic E-state index is 12.8. The van der Waals surface area contributed by atoms with Gasteiger partial charge in [-0.2, -0.15) is 0 Å². The Balaban J connectivity index is 1.75. The van der Waals surface area contributed by atoms with Gasteiger partial charge in [0.25, 0.3) is 11.8 Å². The molecule has 0 aliphatic rings. The van der Waals surface area contributed by atoms with Crippen LogP contribution < -0.4 is 20.1 Å². The van der Waals surface area contributed by atoms with Crippen LogP contribution in [0.25, 0.3) is 6.08 Å². The molecule has 0 aliphatic carbocycles. The highest BCUT2D eigenvalue weighted by Gasteiger charge is 2.15. The van der Waals surface area contributed by atoms with Crippen molar-refractivity contribution in [2.45, 2.75) is 6.54 Å². The minimum atomic E-state index is -0.387. The van der Waals surface area contributed by atoms with E-state index in [1.807, 2.05) is 29.6 Å². The molecule has 0 saturated carbocycles. The lowest BCUT2D eigenvalue weighted by molar-refractivity contribution is -0.117. The first-order valence-electron chi connectivity index (χ1n) is 9.21. The molecule has 2 amide bonds. The Morgan fingerprint density at radius 2 is 1.73 bits per heavy atom. The lowest BCUT2D eigenvalue weighted by Gasteiger charge is -2.12. The van der Waals surface area contributed by atoms with E-state index in [0.717, 1.165) is 10.4 Å². The molecule has 0 saturated heterocycles. The smallest absolute Gasteiger partial charge is 0.268 e. The van der Waals surface area contributed by atoms with Gasteiger partial charge in [0.15, 0.2) is 11.5 Å². The molecule has 6 nitrogen and oxygen atoms in total. The molecule has 1 aromatic heterocycles. The average Bonchev–Trinajstić information content (AvgIpc) is 3.30. The Hall–Kier alpha value is -3.58. The SMILES string of the molecule is COc1ccc(CNC(=O)/C(=C/c2cccs2)NC(=O)c2ccccc2)cc1OC. The van der Waals surface area contributed by atoms with Gasteiger partial charge in [0.1, 0.15) is 5.70 Å². The summed E-state index contributed by atoms with van der Waals surface area (Å²) in [6.07, 6.45) is 1.66. The van der Waals surface area contributed by atoms with E-state index in [-0.39, 0.29) is 24.1 Å². The van der Waals surface area contributed by atoms with E-state index in [2.05, 4.69) is 10.6 Å². The van der Waals surface area contributed by atoms with Crippen LogP contribution in [-0.4, -0.2) is 26.0 Å². The van der Waals surface area contributed by atoms with Gasteiger partial charge in [0.2, 0.25) is 0 Å². The zero-order chi connectivity index (χ0) is 21.3. The summed E-state index contributed by atoms with van der Waals surface area (Å²) in [5, 5.41) is 7.47. The van der Waals surface area contributed by atoms with Gasteiger partial charge in [-0.3, -0.25) is 9.59 Å². The van der Waals surface area contributed by atoms with Gasteiger partial charge < -0.3 is 20.1 Å². The molecule has 0 unspecified atom stereocenters. The molecule has 0 fully saturated rings. The minimum Gasteiger partial charge on any atom is -0.493 e. The number of hydrogen-bond donors (Lipinski definition) is 2. The highest BCUT2D eigenvalue weighted by Crippen LogP contribution is 2.27. The van der Waals surface area contributed by atoms with E-state index in [0.29, 0.717) is 17.1 Å². The number of benzene rings is 2. The van der Waals surface area contributed by atoms with Crippen molar-refractivity contribution < 1.29 is 19.1 Å². The Kier molecular flexibility index (Phi) is 7.24. The van der Waals surface area contributed by atoms with Gasteiger partial charge in [-0.15, -0.1) is 11.3 Å². The van der Waals surface area contributed by atoms with Crippen LogP contribution in [0.1, 0.15) is 20.8 Å². The third-order valence-electron chi connectivity index (χ3n) is 4.26. The number of rotatable bonds is 8. The summed E-state index contributed by atoms with van der Waals surface area (Å²) >= 11 is 1.48. The zero-order valence-corrected chi connectivity index (χ0v) is 17.5. The Morgan fingerprint density at radius 3 is 2.40 bits per heavy atom. The van der Waals surface area contributed by atoms with Crippen molar-refractivity contribution in [3.8, 4) is 11.5 Å². The van der Waals surface area contributed by atoms with Gasteiger partial charge in [-0.25, -0.2) is 0 Å². The van der Waals surface area contributed by atoms with Crippen LogP contribution in [0.3, 0.4) is 0 Å². The average molecular weight is 423 g/mol. The van der Waals surface area contributed by atoms with Gasteiger partial charge in [0.05, 0.1) is 14.2 Å². The first-order chi connectivity index (χ1) is 14.6. The van der Waals surface area contributed by atoms with E-state index in [4.69, 9.17) is 9.47 Å². The van der Waals surface area contributed by atoms with E-state index in [1.54, 1.807) is 56.7 Å². The molecule has 1 heterocycles. The van der Waals surface area contributed by atoms with Crippen LogP contribution >= 0.6 is 11.3 Å². The molecule has 0 spiro atoms. The van der Waals surface area contributed by atoms with Crippen molar-refractivity contribution >= 4 is 29.2 Å². The topological polar surface area (TPSA) is 76.7 Å². The quantitative estimate of drug-likeness (QED) is 0.541. The Bertz CT molecular complexity index is 1030. The third kappa shape index (κ3) is 5.48. The molecule has 0 aliphatic heterocycles. The Labute approximate surface area is 179 Å². The summed E-state index contributed by atoms with van der Waals surface area (Å²) in [4.78, 5) is 26.3. The van der Waals surface area contributed by atoms with Crippen LogP contribution in [0.2, 0.25) is 0 Å². The summed E-state index contributed by atoms with van der Waals surface area (Å²) in [5.41, 5.74) is 1.49. The maximum absolute atomic E-state index is 12.8. The normalized spacial score (nSPS) is 10.9. The number of amides is 2. The maximum Gasteiger partial charge on any atom is 0.268 e. The van der Waals surface area contributed by atoms with Crippen LogP contribution in [0.5, 0.6) is 11.5 Å². The highest BCUT2D eigenvalue weighted by atomic mass is 32.1. The first kappa shape index (κ1) is 21.1. The number of nitrogens with one attached hydrogen (secondary N) is 2. The molecule has 3 aromatic rings. The molecule has 3 rings (SSSR count). The van der Waals surface area contributed by atoms with Crippen molar-refractivity contribution in [3.63, 3.8) is 0 Å². The van der Waals surface area contributed by atoms with Crippen LogP contribution in [0.15, 0.2) is 71.7 Å². The fourth-order valence-electron chi connectivity index (χ4n) is 2.73. The number of ether oxygens (including phenoxy) is 2. The van der Waals surface area contributed by atoms with E-state index >= 15 is 0 Å². The number of methoxy groups -OCH3 is 2. The fourth-order valence-corrected chi connectivity index (χ4v) is 3.38. The standard InChI is InChI=1S/C23H22N2O4S/c1-28-20-11-10-16(13-21(20)29-2)15-24-23(27)19(14-18-9-6-12-30-18)25-22(26)17-7-4-3-5-8-17/h3-14H,15H2,1-2H3,(H,24,27)(H,25,26)/b19-14-. The summed E-state index contributed by atoms with van der Waals surface area (Å²) in [6, 6.07) is 17.9. The summed E-state index contributed by atoms with van der Waals surface area (Å²) < 4.78 is 10.5. The molecule has 0 atom stereocenters. The molecule has 7 heteroatoms. The van der Waals surface area contributed by atoms with Crippen LogP contribution in [0.4, 0.5) is 0 Å². The Morgan fingerprint density at radius 1 is 0.967 bits per heavy atom. The molecule has 0 bridgehead atoms. The molecule has 30 heavy (non-hydrogen) atoms. The zero-order valence-electron chi connectivity index (χ0n) is 16.7. The molecule has 2 N–H and O–H groups in total. The second-order valence-corrected chi connectivity index (χ2v) is 7.24. The van der Waals surface area contributed by atoms with Crippen molar-refractivity contribution in [2.75, 3.05) is 14.2 Å². The number of carbonyl (C=O) groups excluding carboxylic acids is 2. The second kappa shape index (κ2) is 10.3. The van der Waals surface area contributed by atoms with Crippen molar-refractivity contribution in [2.24, 2.45) is 0 Å². The molecule has 0 radical (unpaired) electrons. The monoisotopic (exact) mass is 422 g/mol. The molecular formula is C23H22N2O4S. The molecular weight excluding hydrogens is 400 g/mol. The van der Waals surface area contributed by atoms with E-state index in [1.165, 1.54) is 11.3 Å². The molecule has 154 valence electrons. The highest BCUT2D eigenvalue weighted by molar-refractivity contribution is 7.10. The minimum absolute atomic E-state index is 0.173. The first-order valence-corrected chi connectivity index (χ1v) is 10.1. The van der Waals surface area contributed by atoms with Crippen molar-refractivity contribution in [1.82, 2.24) is 10.6 Å². The summed E-state index contributed by atoms with van der Waals surface area (Å²) in [5.74, 6) is 0.458. The molecule has 2 aromatic carbocycles. The largest absolute Gasteiger partial charge is 0.493 e. The predicted molar refractivity (Wildman–Crippen MR) is 118 cm³/mol. The lowest BCUT2D eigenvalue weighted by Crippen LogP contribution is -2.34. The fraction of sp³-hybridized carbons (Fsp3) is 0.130. The lowest BCUT2D eigenvalue weighted by atomic mass is 10.2. The van der Waals surface area contributed by atoms with Crippen molar-refractivity contribution in [3.05, 3.63) is 87.7 Å². The van der Waals surface area contributed by atoms with Gasteiger partial charge in [-0.1, -0.05) is 30.3 Å². The van der Waals surface area contributed by atoms with Gasteiger partial charge in [-0.05, 0) is 47.4 Å². The van der Waals surface area contributed by atoms with Crippen LogP contribution in [-0.2, 0) is 11.3 Å². The van der Waals surface area contributed by atoms with Gasteiger partial charge >= 0.3 is 0 Å². The van der Waals surface area contributed by atoms with E-state index < -0.39 is 0 Å². The number of carbonyl (C=O) groups is 2. The summed E-state index contributed by atoms with van der Waals surface area (Å²) in [7, 11) is 3.12. The number of thiophene rings is 1. The van der Waals surface area contributed by atoms with E-state index in [9.17, 15) is 9.59 Å². The third-order valence-corrected chi connectivity index (χ3v) is 5.08. The number of hydrogen-bond acceptors (Lipinski definition) is 5.